The van der Waals surface area contributed by atoms with Gasteiger partial charge in [0.1, 0.15) is 6.10 Å². The highest BCUT2D eigenvalue weighted by molar-refractivity contribution is 14.0. The third kappa shape index (κ3) is 8.90. The fourth-order valence-corrected chi connectivity index (χ4v) is 3.49. The normalized spacial score (nSPS) is 16.9. The lowest BCUT2D eigenvalue weighted by atomic mass is 10.0. The molecule has 0 bridgehead atoms. The Hall–Kier alpha value is -1.35. The molecule has 1 unspecified atom stereocenters. The summed E-state index contributed by atoms with van der Waals surface area (Å²) in [4.78, 5) is 18.1. The number of nitrogens with one attached hydrogen (secondary N) is 1. The summed E-state index contributed by atoms with van der Waals surface area (Å²) in [7, 11) is 1.83. The van der Waals surface area contributed by atoms with E-state index in [2.05, 4.69) is 46.4 Å². The molecule has 29 heavy (non-hydrogen) atoms. The molecule has 1 atom stereocenters. The SMILES string of the molecule is CCOC(=O)CCCCCCNC(=NC)N1CCOC(c2ccccc2C)C1.I. The van der Waals surface area contributed by atoms with Crippen LogP contribution in [-0.4, -0.2) is 56.7 Å². The minimum absolute atomic E-state index is 0. The first-order valence-corrected chi connectivity index (χ1v) is 10.4. The smallest absolute Gasteiger partial charge is 0.305 e. The Morgan fingerprint density at radius 2 is 2.03 bits per heavy atom. The number of halogens is 1. The number of aryl methyl sites for hydroxylation is 1. The standard InChI is InChI=1S/C22H35N3O3.HI/c1-4-27-21(26)13-7-5-6-10-14-24-22(23-3)25-15-16-28-20(17-25)19-12-9-8-11-18(19)2;/h8-9,11-12,20H,4-7,10,13-17H2,1-3H3,(H,23,24);1H. The van der Waals surface area contributed by atoms with E-state index in [4.69, 9.17) is 9.47 Å². The molecule has 0 aliphatic carbocycles. The van der Waals surface area contributed by atoms with E-state index in [0.717, 1.165) is 51.3 Å². The van der Waals surface area contributed by atoms with Crippen LogP contribution in [0.15, 0.2) is 29.3 Å². The van der Waals surface area contributed by atoms with Crippen LogP contribution >= 0.6 is 24.0 Å². The molecular formula is C22H36IN3O3. The number of morpholine rings is 1. The largest absolute Gasteiger partial charge is 0.466 e. The van der Waals surface area contributed by atoms with Gasteiger partial charge in [0.2, 0.25) is 0 Å². The summed E-state index contributed by atoms with van der Waals surface area (Å²) >= 11 is 0. The molecule has 2 rings (SSSR count). The van der Waals surface area contributed by atoms with Crippen LogP contribution in [0, 0.1) is 6.92 Å². The fraction of sp³-hybridized carbons (Fsp3) is 0.636. The first-order valence-electron chi connectivity index (χ1n) is 10.4. The van der Waals surface area contributed by atoms with Crippen molar-refractivity contribution in [1.82, 2.24) is 10.2 Å². The molecule has 1 fully saturated rings. The molecule has 0 saturated carbocycles. The topological polar surface area (TPSA) is 63.2 Å². The Kier molecular flexibility index (Phi) is 12.9. The van der Waals surface area contributed by atoms with Crippen molar-refractivity contribution in [3.63, 3.8) is 0 Å². The number of carbonyl (C=O) groups excluding carboxylic acids is 1. The lowest BCUT2D eigenvalue weighted by Gasteiger charge is -2.35. The molecule has 0 spiro atoms. The molecule has 1 saturated heterocycles. The van der Waals surface area contributed by atoms with Gasteiger partial charge in [0, 0.05) is 26.6 Å². The highest BCUT2D eigenvalue weighted by Crippen LogP contribution is 2.24. The molecule has 1 N–H and O–H groups in total. The van der Waals surface area contributed by atoms with E-state index in [9.17, 15) is 4.79 Å². The van der Waals surface area contributed by atoms with E-state index in [1.807, 2.05) is 14.0 Å². The van der Waals surface area contributed by atoms with Crippen molar-refractivity contribution in [2.45, 2.75) is 52.1 Å². The van der Waals surface area contributed by atoms with E-state index < -0.39 is 0 Å². The third-order valence-corrected chi connectivity index (χ3v) is 5.01. The van der Waals surface area contributed by atoms with Crippen LogP contribution in [0.2, 0.25) is 0 Å². The molecule has 0 amide bonds. The van der Waals surface area contributed by atoms with Gasteiger partial charge in [-0.25, -0.2) is 0 Å². The average Bonchev–Trinajstić information content (AvgIpc) is 2.71. The minimum Gasteiger partial charge on any atom is -0.466 e. The second-order valence-corrected chi connectivity index (χ2v) is 7.11. The Bertz CT molecular complexity index is 639. The number of unbranched alkanes of at least 4 members (excludes halogenated alkanes) is 3. The van der Waals surface area contributed by atoms with Gasteiger partial charge in [-0.15, -0.1) is 24.0 Å². The maximum Gasteiger partial charge on any atom is 0.305 e. The lowest BCUT2D eigenvalue weighted by molar-refractivity contribution is -0.143. The van der Waals surface area contributed by atoms with Gasteiger partial charge in [-0.3, -0.25) is 9.79 Å². The zero-order valence-electron chi connectivity index (χ0n) is 18.0. The molecule has 164 valence electrons. The van der Waals surface area contributed by atoms with Crippen LogP contribution in [0.5, 0.6) is 0 Å². The number of carbonyl (C=O) groups is 1. The highest BCUT2D eigenvalue weighted by Gasteiger charge is 2.24. The lowest BCUT2D eigenvalue weighted by Crippen LogP contribution is -2.48. The van der Waals surface area contributed by atoms with Gasteiger partial charge in [-0.05, 0) is 37.8 Å². The summed E-state index contributed by atoms with van der Waals surface area (Å²) in [6, 6.07) is 8.41. The number of ether oxygens (including phenoxy) is 2. The monoisotopic (exact) mass is 517 g/mol. The number of esters is 1. The van der Waals surface area contributed by atoms with E-state index >= 15 is 0 Å². The number of rotatable bonds is 9. The summed E-state index contributed by atoms with van der Waals surface area (Å²) in [6.45, 7) is 7.69. The summed E-state index contributed by atoms with van der Waals surface area (Å²) in [6.07, 6.45) is 4.71. The predicted molar refractivity (Wildman–Crippen MR) is 128 cm³/mol. The molecule has 7 heteroatoms. The summed E-state index contributed by atoms with van der Waals surface area (Å²) < 4.78 is 11.0. The number of hydrogen-bond donors (Lipinski definition) is 1. The van der Waals surface area contributed by atoms with E-state index in [-0.39, 0.29) is 36.0 Å². The van der Waals surface area contributed by atoms with Crippen LogP contribution in [0.3, 0.4) is 0 Å². The highest BCUT2D eigenvalue weighted by atomic mass is 127. The third-order valence-electron chi connectivity index (χ3n) is 5.01. The molecule has 6 nitrogen and oxygen atoms in total. The molecule has 0 aromatic heterocycles. The predicted octanol–water partition coefficient (Wildman–Crippen LogP) is 4.08. The van der Waals surface area contributed by atoms with Gasteiger partial charge in [0.25, 0.3) is 0 Å². The minimum atomic E-state index is -0.0865. The Labute approximate surface area is 192 Å². The van der Waals surface area contributed by atoms with Gasteiger partial charge >= 0.3 is 5.97 Å². The van der Waals surface area contributed by atoms with Crippen molar-refractivity contribution < 1.29 is 14.3 Å². The van der Waals surface area contributed by atoms with Crippen molar-refractivity contribution in [1.29, 1.82) is 0 Å². The Balaban J connectivity index is 0.00000420. The second kappa shape index (κ2) is 14.6. The molecular weight excluding hydrogens is 481 g/mol. The van der Waals surface area contributed by atoms with Gasteiger partial charge in [0.15, 0.2) is 5.96 Å². The van der Waals surface area contributed by atoms with Crippen LogP contribution in [0.25, 0.3) is 0 Å². The maximum absolute atomic E-state index is 11.3. The molecule has 0 radical (unpaired) electrons. The Morgan fingerprint density at radius 3 is 2.76 bits per heavy atom. The van der Waals surface area contributed by atoms with Crippen molar-refractivity contribution in [2.75, 3.05) is 39.9 Å². The van der Waals surface area contributed by atoms with Crippen molar-refractivity contribution in [3.05, 3.63) is 35.4 Å². The van der Waals surface area contributed by atoms with Crippen molar-refractivity contribution in [3.8, 4) is 0 Å². The molecule has 1 aliphatic rings. The van der Waals surface area contributed by atoms with E-state index in [1.165, 1.54) is 11.1 Å². The van der Waals surface area contributed by atoms with Crippen LogP contribution in [-0.2, 0) is 14.3 Å². The van der Waals surface area contributed by atoms with Gasteiger partial charge < -0.3 is 19.7 Å². The zero-order valence-corrected chi connectivity index (χ0v) is 20.3. The average molecular weight is 517 g/mol. The van der Waals surface area contributed by atoms with Gasteiger partial charge in [-0.1, -0.05) is 37.1 Å². The number of hydrogen-bond acceptors (Lipinski definition) is 4. The summed E-state index contributed by atoms with van der Waals surface area (Å²) in [5.41, 5.74) is 2.52. The first-order chi connectivity index (χ1) is 13.7. The second-order valence-electron chi connectivity index (χ2n) is 7.11. The van der Waals surface area contributed by atoms with Crippen LogP contribution in [0.4, 0.5) is 0 Å². The Morgan fingerprint density at radius 1 is 1.28 bits per heavy atom. The number of aliphatic imine (C=N–C) groups is 1. The zero-order chi connectivity index (χ0) is 20.2. The fourth-order valence-electron chi connectivity index (χ4n) is 3.49. The molecule has 1 heterocycles. The van der Waals surface area contributed by atoms with Gasteiger partial charge in [-0.2, -0.15) is 0 Å². The number of guanidine groups is 1. The summed E-state index contributed by atoms with van der Waals surface area (Å²) in [5, 5.41) is 3.47. The number of benzene rings is 1. The first kappa shape index (κ1) is 25.7. The number of nitrogens with zero attached hydrogens (tertiary/aromatic N) is 2. The maximum atomic E-state index is 11.3. The van der Waals surface area contributed by atoms with Crippen molar-refractivity contribution in [2.24, 2.45) is 4.99 Å². The molecule has 1 aromatic rings. The van der Waals surface area contributed by atoms with Crippen LogP contribution in [0.1, 0.15) is 56.3 Å². The molecule has 1 aliphatic heterocycles. The van der Waals surface area contributed by atoms with Crippen molar-refractivity contribution >= 4 is 35.9 Å². The quantitative estimate of drug-likeness (QED) is 0.176. The van der Waals surface area contributed by atoms with E-state index in [0.29, 0.717) is 19.6 Å². The molecule has 1 aromatic carbocycles. The van der Waals surface area contributed by atoms with Gasteiger partial charge in [0.05, 0.1) is 19.8 Å². The summed E-state index contributed by atoms with van der Waals surface area (Å²) in [5.74, 6) is 0.852. The van der Waals surface area contributed by atoms with E-state index in [1.54, 1.807) is 0 Å². The van der Waals surface area contributed by atoms with Crippen LogP contribution < -0.4 is 5.32 Å².